The fourth-order valence-corrected chi connectivity index (χ4v) is 4.13. The minimum absolute atomic E-state index is 0.104. The highest BCUT2D eigenvalue weighted by molar-refractivity contribution is 6.31. The SMILES string of the molecule is CNC(=O)c1cc(Cl)c(F)cc1NC(=O)C1(c2ccccc2C(C)C)CN(C)C1. The standard InChI is InChI=1S/C22H25ClFN3O2/c1-13(2)14-7-5-6-8-16(14)22(11-27(4)12-22)21(29)26-19-10-18(24)17(23)9-15(19)20(28)25-3/h5-10,13H,11-12H2,1-4H3,(H,25,28)(H,26,29). The first kappa shape index (κ1) is 21.3. The van der Waals surface area contributed by atoms with E-state index in [0.29, 0.717) is 13.1 Å². The maximum atomic E-state index is 14.1. The third kappa shape index (κ3) is 3.87. The third-order valence-electron chi connectivity index (χ3n) is 5.39. The van der Waals surface area contributed by atoms with E-state index in [-0.39, 0.29) is 28.1 Å². The largest absolute Gasteiger partial charge is 0.355 e. The molecule has 5 nitrogen and oxygen atoms in total. The van der Waals surface area contributed by atoms with Gasteiger partial charge in [-0.15, -0.1) is 0 Å². The van der Waals surface area contributed by atoms with Crippen molar-refractivity contribution < 1.29 is 14.0 Å². The predicted molar refractivity (Wildman–Crippen MR) is 113 cm³/mol. The first-order chi connectivity index (χ1) is 13.7. The minimum atomic E-state index is -0.772. The van der Waals surface area contributed by atoms with Gasteiger partial charge < -0.3 is 15.5 Å². The van der Waals surface area contributed by atoms with E-state index < -0.39 is 17.1 Å². The molecule has 0 radical (unpaired) electrons. The van der Waals surface area contributed by atoms with Crippen molar-refractivity contribution in [1.29, 1.82) is 0 Å². The van der Waals surface area contributed by atoms with E-state index in [1.165, 1.54) is 13.1 Å². The summed E-state index contributed by atoms with van der Waals surface area (Å²) in [6, 6.07) is 10.2. The quantitative estimate of drug-likeness (QED) is 0.778. The average Bonchev–Trinajstić information content (AvgIpc) is 2.67. The molecule has 0 aliphatic carbocycles. The molecule has 0 aromatic heterocycles. The van der Waals surface area contributed by atoms with Gasteiger partial charge in [-0.05, 0) is 36.2 Å². The van der Waals surface area contributed by atoms with Crippen molar-refractivity contribution in [3.63, 3.8) is 0 Å². The zero-order valence-electron chi connectivity index (χ0n) is 17.0. The normalized spacial score (nSPS) is 15.7. The van der Waals surface area contributed by atoms with E-state index >= 15 is 0 Å². The number of carbonyl (C=O) groups excluding carboxylic acids is 2. The van der Waals surface area contributed by atoms with Gasteiger partial charge in [-0.1, -0.05) is 49.7 Å². The Morgan fingerprint density at radius 2 is 1.86 bits per heavy atom. The van der Waals surface area contributed by atoms with Crippen molar-refractivity contribution in [2.24, 2.45) is 0 Å². The van der Waals surface area contributed by atoms with Gasteiger partial charge in [-0.2, -0.15) is 0 Å². The first-order valence-corrected chi connectivity index (χ1v) is 9.88. The Morgan fingerprint density at radius 3 is 2.45 bits per heavy atom. The summed E-state index contributed by atoms with van der Waals surface area (Å²) < 4.78 is 14.1. The Balaban J connectivity index is 2.03. The van der Waals surface area contributed by atoms with Gasteiger partial charge in [0.1, 0.15) is 5.82 Å². The molecule has 3 rings (SSSR count). The smallest absolute Gasteiger partial charge is 0.253 e. The van der Waals surface area contributed by atoms with E-state index in [4.69, 9.17) is 11.6 Å². The van der Waals surface area contributed by atoms with E-state index in [2.05, 4.69) is 29.4 Å². The maximum absolute atomic E-state index is 14.1. The molecular formula is C22H25ClFN3O2. The molecule has 0 saturated carbocycles. The van der Waals surface area contributed by atoms with Crippen molar-refractivity contribution in [3.05, 3.63) is 63.9 Å². The van der Waals surface area contributed by atoms with Crippen LogP contribution >= 0.6 is 11.6 Å². The molecule has 0 atom stereocenters. The second-order valence-electron chi connectivity index (χ2n) is 7.84. The Hall–Kier alpha value is -2.44. The van der Waals surface area contributed by atoms with Crippen molar-refractivity contribution in [3.8, 4) is 0 Å². The Bertz CT molecular complexity index is 955. The number of likely N-dealkylation sites (tertiary alicyclic amines) is 1. The van der Waals surface area contributed by atoms with E-state index in [9.17, 15) is 14.0 Å². The summed E-state index contributed by atoms with van der Waals surface area (Å²) in [4.78, 5) is 27.8. The molecule has 7 heteroatoms. The summed E-state index contributed by atoms with van der Waals surface area (Å²) in [5.41, 5.74) is 1.51. The number of amides is 2. The van der Waals surface area contributed by atoms with Crippen molar-refractivity contribution in [2.45, 2.75) is 25.2 Å². The lowest BCUT2D eigenvalue weighted by atomic mass is 9.70. The molecule has 2 aromatic carbocycles. The third-order valence-corrected chi connectivity index (χ3v) is 5.68. The summed E-state index contributed by atoms with van der Waals surface area (Å²) >= 11 is 5.85. The number of halogens is 2. The second-order valence-corrected chi connectivity index (χ2v) is 8.25. The summed E-state index contributed by atoms with van der Waals surface area (Å²) in [7, 11) is 3.41. The summed E-state index contributed by atoms with van der Waals surface area (Å²) in [5, 5.41) is 5.11. The van der Waals surface area contributed by atoms with Crippen LogP contribution in [-0.4, -0.2) is 43.9 Å². The molecule has 0 bridgehead atoms. The number of hydrogen-bond donors (Lipinski definition) is 2. The van der Waals surface area contributed by atoms with Crippen LogP contribution in [0.5, 0.6) is 0 Å². The molecule has 1 fully saturated rings. The molecule has 1 aliphatic heterocycles. The van der Waals surface area contributed by atoms with Crippen LogP contribution in [0, 0.1) is 5.82 Å². The number of anilines is 1. The fourth-order valence-electron chi connectivity index (χ4n) is 3.96. The zero-order valence-corrected chi connectivity index (χ0v) is 17.7. The summed E-state index contributed by atoms with van der Waals surface area (Å²) in [6.07, 6.45) is 0. The number of rotatable bonds is 5. The number of nitrogens with one attached hydrogen (secondary N) is 2. The fraction of sp³-hybridized carbons (Fsp3) is 0.364. The lowest BCUT2D eigenvalue weighted by molar-refractivity contribution is -0.127. The lowest BCUT2D eigenvalue weighted by Gasteiger charge is -2.48. The predicted octanol–water partition coefficient (Wildman–Crippen LogP) is 3.78. The van der Waals surface area contributed by atoms with Gasteiger partial charge in [0.25, 0.3) is 5.91 Å². The highest BCUT2D eigenvalue weighted by Crippen LogP contribution is 2.39. The van der Waals surface area contributed by atoms with Gasteiger partial charge in [-0.3, -0.25) is 9.59 Å². The van der Waals surface area contributed by atoms with Gasteiger partial charge in [0.2, 0.25) is 5.91 Å². The maximum Gasteiger partial charge on any atom is 0.253 e. The molecule has 2 aromatic rings. The Labute approximate surface area is 175 Å². The summed E-state index contributed by atoms with van der Waals surface area (Å²) in [6.45, 7) is 5.25. The molecule has 29 heavy (non-hydrogen) atoms. The number of benzene rings is 2. The van der Waals surface area contributed by atoms with Crippen molar-refractivity contribution >= 4 is 29.1 Å². The van der Waals surface area contributed by atoms with Crippen LogP contribution in [0.2, 0.25) is 5.02 Å². The van der Waals surface area contributed by atoms with Gasteiger partial charge in [0.05, 0.1) is 21.7 Å². The van der Waals surface area contributed by atoms with Crippen LogP contribution in [0.1, 0.15) is 41.3 Å². The van der Waals surface area contributed by atoms with Gasteiger partial charge in [-0.25, -0.2) is 4.39 Å². The molecule has 1 aliphatic rings. The highest BCUT2D eigenvalue weighted by atomic mass is 35.5. The molecule has 2 amide bonds. The van der Waals surface area contributed by atoms with E-state index in [1.807, 2.05) is 31.3 Å². The van der Waals surface area contributed by atoms with Crippen molar-refractivity contribution in [2.75, 3.05) is 32.5 Å². The molecule has 2 N–H and O–H groups in total. The topological polar surface area (TPSA) is 61.4 Å². The monoisotopic (exact) mass is 417 g/mol. The summed E-state index contributed by atoms with van der Waals surface area (Å²) in [5.74, 6) is -1.17. The van der Waals surface area contributed by atoms with Crippen molar-refractivity contribution in [1.82, 2.24) is 10.2 Å². The van der Waals surface area contributed by atoms with Crippen LogP contribution in [-0.2, 0) is 10.2 Å². The van der Waals surface area contributed by atoms with E-state index in [0.717, 1.165) is 17.2 Å². The van der Waals surface area contributed by atoms with Gasteiger partial charge >= 0.3 is 0 Å². The lowest BCUT2D eigenvalue weighted by Crippen LogP contribution is -2.64. The number of hydrogen-bond acceptors (Lipinski definition) is 3. The van der Waals surface area contributed by atoms with Crippen LogP contribution < -0.4 is 10.6 Å². The number of carbonyl (C=O) groups is 2. The zero-order chi connectivity index (χ0) is 21.3. The molecule has 154 valence electrons. The molecule has 0 unspecified atom stereocenters. The van der Waals surface area contributed by atoms with E-state index in [1.54, 1.807) is 0 Å². The van der Waals surface area contributed by atoms with Crippen LogP contribution in [0.4, 0.5) is 10.1 Å². The first-order valence-electron chi connectivity index (χ1n) is 9.50. The molecule has 0 spiro atoms. The average molecular weight is 418 g/mol. The second kappa shape index (κ2) is 8.13. The molecule has 1 saturated heterocycles. The minimum Gasteiger partial charge on any atom is -0.355 e. The van der Waals surface area contributed by atoms with Crippen LogP contribution in [0.15, 0.2) is 36.4 Å². The van der Waals surface area contributed by atoms with Crippen LogP contribution in [0.3, 0.4) is 0 Å². The number of nitrogens with zero attached hydrogens (tertiary/aromatic N) is 1. The Kier molecular flexibility index (Phi) is 5.96. The molecule has 1 heterocycles. The van der Waals surface area contributed by atoms with Crippen LogP contribution in [0.25, 0.3) is 0 Å². The van der Waals surface area contributed by atoms with Gasteiger partial charge in [0.15, 0.2) is 0 Å². The number of likely N-dealkylation sites (N-methyl/N-ethyl adjacent to an activating group) is 1. The highest BCUT2D eigenvalue weighted by Gasteiger charge is 2.50. The Morgan fingerprint density at radius 1 is 1.21 bits per heavy atom. The van der Waals surface area contributed by atoms with Gasteiger partial charge in [0, 0.05) is 20.1 Å². The molecular weight excluding hydrogens is 393 g/mol.